The third kappa shape index (κ3) is 3.01. The van der Waals surface area contributed by atoms with Crippen LogP contribution in [0.4, 0.5) is 0 Å². The minimum absolute atomic E-state index is 0.0576. The van der Waals surface area contributed by atoms with E-state index in [2.05, 4.69) is 5.32 Å². The molecule has 0 fully saturated rings. The average molecular weight is 370 g/mol. The Kier molecular flexibility index (Phi) is 4.65. The van der Waals surface area contributed by atoms with Crippen LogP contribution in [0.3, 0.4) is 0 Å². The Morgan fingerprint density at radius 3 is 2.35 bits per heavy atom. The maximum Gasteiger partial charge on any atom is 0.292 e. The molecular formula is C19H18N2O4S. The molecule has 0 aliphatic carbocycles. The largest absolute Gasteiger partial charge is 0.349 e. The molecule has 26 heavy (non-hydrogen) atoms. The van der Waals surface area contributed by atoms with Gasteiger partial charge in [-0.05, 0) is 32.0 Å². The normalized spacial score (nSPS) is 11.5. The number of rotatable bonds is 5. The van der Waals surface area contributed by atoms with Crippen LogP contribution in [0.2, 0.25) is 0 Å². The number of benzene rings is 2. The molecule has 6 nitrogen and oxygen atoms in total. The number of hydrogen-bond acceptors (Lipinski definition) is 4. The standard InChI is InChI=1S/C19H18N2O4S/c1-3-20-19(23)18(22)16-12-21(17-7-5-4-6-15(16)17)26(24,25)14-10-8-13(2)9-11-14/h4-12H,3H2,1-2H3,(H,20,23). The van der Waals surface area contributed by atoms with Crippen molar-refractivity contribution >= 4 is 32.6 Å². The van der Waals surface area contributed by atoms with Crippen LogP contribution in [0.5, 0.6) is 0 Å². The van der Waals surface area contributed by atoms with E-state index in [1.807, 2.05) is 6.92 Å². The predicted octanol–water partition coefficient (Wildman–Crippen LogP) is 2.51. The summed E-state index contributed by atoms with van der Waals surface area (Å²) in [7, 11) is -3.90. The van der Waals surface area contributed by atoms with Crippen LogP contribution in [0.25, 0.3) is 10.9 Å². The average Bonchev–Trinajstić information content (AvgIpc) is 3.02. The number of para-hydroxylation sites is 1. The van der Waals surface area contributed by atoms with Crippen LogP contribution in [-0.4, -0.2) is 30.6 Å². The van der Waals surface area contributed by atoms with E-state index < -0.39 is 21.7 Å². The Bertz CT molecular complexity index is 1100. The summed E-state index contributed by atoms with van der Waals surface area (Å²) in [6, 6.07) is 13.1. The summed E-state index contributed by atoms with van der Waals surface area (Å²) in [6.07, 6.45) is 1.22. The Balaban J connectivity index is 2.20. The summed E-state index contributed by atoms with van der Waals surface area (Å²) in [5.41, 5.74) is 1.34. The highest BCUT2D eigenvalue weighted by Gasteiger charge is 2.26. The van der Waals surface area contributed by atoms with Crippen molar-refractivity contribution in [2.24, 2.45) is 0 Å². The molecule has 0 aliphatic rings. The molecule has 0 spiro atoms. The first kappa shape index (κ1) is 17.9. The third-order valence-electron chi connectivity index (χ3n) is 4.04. The second kappa shape index (κ2) is 6.76. The van der Waals surface area contributed by atoms with E-state index in [-0.39, 0.29) is 10.5 Å². The Labute approximate surface area is 151 Å². The summed E-state index contributed by atoms with van der Waals surface area (Å²) in [5.74, 6) is -1.52. The second-order valence-electron chi connectivity index (χ2n) is 5.86. The zero-order valence-electron chi connectivity index (χ0n) is 14.4. The van der Waals surface area contributed by atoms with Gasteiger partial charge in [0, 0.05) is 18.1 Å². The van der Waals surface area contributed by atoms with E-state index in [0.717, 1.165) is 9.54 Å². The quantitative estimate of drug-likeness (QED) is 0.552. The number of hydrogen-bond donors (Lipinski definition) is 1. The first-order valence-corrected chi connectivity index (χ1v) is 9.55. The van der Waals surface area contributed by atoms with E-state index in [1.165, 1.54) is 18.3 Å². The van der Waals surface area contributed by atoms with Crippen LogP contribution in [0.1, 0.15) is 22.8 Å². The fourth-order valence-corrected chi connectivity index (χ4v) is 4.09. The number of nitrogens with one attached hydrogen (secondary N) is 1. The SMILES string of the molecule is CCNC(=O)C(=O)c1cn(S(=O)(=O)c2ccc(C)cc2)c2ccccc12. The summed E-state index contributed by atoms with van der Waals surface area (Å²) >= 11 is 0. The zero-order chi connectivity index (χ0) is 18.9. The van der Waals surface area contributed by atoms with Crippen LogP contribution in [0.15, 0.2) is 59.6 Å². The smallest absolute Gasteiger partial charge is 0.292 e. The number of ketones is 1. The molecule has 1 aromatic heterocycles. The highest BCUT2D eigenvalue weighted by atomic mass is 32.2. The number of carbonyl (C=O) groups is 2. The molecule has 1 heterocycles. The van der Waals surface area contributed by atoms with Gasteiger partial charge in [-0.25, -0.2) is 12.4 Å². The molecule has 3 rings (SSSR count). The number of aromatic nitrogens is 1. The van der Waals surface area contributed by atoms with E-state index >= 15 is 0 Å². The first-order chi connectivity index (χ1) is 12.4. The van der Waals surface area contributed by atoms with Gasteiger partial charge in [0.15, 0.2) is 0 Å². The molecule has 7 heteroatoms. The molecular weight excluding hydrogens is 352 g/mol. The molecule has 0 bridgehead atoms. The maximum atomic E-state index is 13.0. The highest BCUT2D eigenvalue weighted by molar-refractivity contribution is 7.90. The summed E-state index contributed by atoms with van der Waals surface area (Å²) in [6.45, 7) is 3.88. The molecule has 134 valence electrons. The minimum Gasteiger partial charge on any atom is -0.349 e. The number of Topliss-reactive ketones (excluding diaryl/α,β-unsaturated/α-hetero) is 1. The topological polar surface area (TPSA) is 85.2 Å². The van der Waals surface area contributed by atoms with Crippen molar-refractivity contribution in [1.29, 1.82) is 0 Å². The molecule has 3 aromatic rings. The molecule has 0 unspecified atom stereocenters. The lowest BCUT2D eigenvalue weighted by Crippen LogP contribution is -2.30. The molecule has 1 amide bonds. The van der Waals surface area contributed by atoms with Crippen molar-refractivity contribution in [3.05, 3.63) is 65.9 Å². The second-order valence-corrected chi connectivity index (χ2v) is 7.68. The minimum atomic E-state index is -3.90. The number of aryl methyl sites for hydroxylation is 1. The van der Waals surface area contributed by atoms with E-state index in [0.29, 0.717) is 17.4 Å². The lowest BCUT2D eigenvalue weighted by Gasteiger charge is -2.07. The van der Waals surface area contributed by atoms with Crippen LogP contribution >= 0.6 is 0 Å². The van der Waals surface area contributed by atoms with Crippen LogP contribution < -0.4 is 5.32 Å². The van der Waals surface area contributed by atoms with Crippen LogP contribution in [0, 0.1) is 6.92 Å². The number of carbonyl (C=O) groups excluding carboxylic acids is 2. The van der Waals surface area contributed by atoms with Crippen molar-refractivity contribution in [3.8, 4) is 0 Å². The van der Waals surface area contributed by atoms with Gasteiger partial charge in [-0.3, -0.25) is 9.59 Å². The van der Waals surface area contributed by atoms with Gasteiger partial charge in [0.25, 0.3) is 21.7 Å². The molecule has 0 radical (unpaired) electrons. The third-order valence-corrected chi connectivity index (χ3v) is 5.73. The van der Waals surface area contributed by atoms with Gasteiger partial charge in [0.05, 0.1) is 16.0 Å². The number of likely N-dealkylation sites (N-methyl/N-ethyl adjacent to an activating group) is 1. The first-order valence-electron chi connectivity index (χ1n) is 8.11. The van der Waals surface area contributed by atoms with Crippen molar-refractivity contribution in [2.75, 3.05) is 6.54 Å². The summed E-state index contributed by atoms with van der Waals surface area (Å²) in [5, 5.41) is 2.86. The molecule has 0 atom stereocenters. The van der Waals surface area contributed by atoms with Gasteiger partial charge in [0.2, 0.25) is 0 Å². The predicted molar refractivity (Wildman–Crippen MR) is 98.7 cm³/mol. The molecule has 1 N–H and O–H groups in total. The van der Waals surface area contributed by atoms with Crippen LogP contribution in [-0.2, 0) is 14.8 Å². The lowest BCUT2D eigenvalue weighted by molar-refractivity contribution is -0.116. The van der Waals surface area contributed by atoms with E-state index in [1.54, 1.807) is 43.3 Å². The number of fused-ring (bicyclic) bond motifs is 1. The Morgan fingerprint density at radius 1 is 1.04 bits per heavy atom. The molecule has 0 aliphatic heterocycles. The summed E-state index contributed by atoms with van der Waals surface area (Å²) in [4.78, 5) is 24.5. The number of amides is 1. The fourth-order valence-electron chi connectivity index (χ4n) is 2.72. The fraction of sp³-hybridized carbons (Fsp3) is 0.158. The van der Waals surface area contributed by atoms with Gasteiger partial charge in [0.1, 0.15) is 0 Å². The zero-order valence-corrected chi connectivity index (χ0v) is 15.2. The van der Waals surface area contributed by atoms with Gasteiger partial charge >= 0.3 is 0 Å². The molecule has 0 saturated carbocycles. The van der Waals surface area contributed by atoms with Gasteiger partial charge in [-0.1, -0.05) is 35.9 Å². The van der Waals surface area contributed by atoms with Crippen molar-refractivity contribution in [1.82, 2.24) is 9.29 Å². The Hall–Kier alpha value is -2.93. The monoisotopic (exact) mass is 370 g/mol. The van der Waals surface area contributed by atoms with Crippen molar-refractivity contribution in [2.45, 2.75) is 18.7 Å². The van der Waals surface area contributed by atoms with Gasteiger partial charge in [-0.15, -0.1) is 0 Å². The highest BCUT2D eigenvalue weighted by Crippen LogP contribution is 2.26. The summed E-state index contributed by atoms with van der Waals surface area (Å²) < 4.78 is 27.1. The van der Waals surface area contributed by atoms with E-state index in [9.17, 15) is 18.0 Å². The van der Waals surface area contributed by atoms with Crippen molar-refractivity contribution in [3.63, 3.8) is 0 Å². The molecule has 2 aromatic carbocycles. The number of nitrogens with zero attached hydrogens (tertiary/aromatic N) is 1. The Morgan fingerprint density at radius 2 is 1.69 bits per heavy atom. The van der Waals surface area contributed by atoms with Gasteiger partial charge in [-0.2, -0.15) is 0 Å². The lowest BCUT2D eigenvalue weighted by atomic mass is 10.1. The van der Waals surface area contributed by atoms with E-state index in [4.69, 9.17) is 0 Å². The molecule has 0 saturated heterocycles. The van der Waals surface area contributed by atoms with Crippen molar-refractivity contribution < 1.29 is 18.0 Å². The maximum absolute atomic E-state index is 13.0. The van der Waals surface area contributed by atoms with Gasteiger partial charge < -0.3 is 5.32 Å².